The zero-order chi connectivity index (χ0) is 24.0. The third kappa shape index (κ3) is 6.39. The quantitative estimate of drug-likeness (QED) is 0.486. The lowest BCUT2D eigenvalue weighted by Crippen LogP contribution is -2.45. The summed E-state index contributed by atoms with van der Waals surface area (Å²) in [6.45, 7) is -0.0452. The van der Waals surface area contributed by atoms with Gasteiger partial charge in [0.15, 0.2) is 11.5 Å². The lowest BCUT2D eigenvalue weighted by molar-refractivity contribution is -0.134. The maximum Gasteiger partial charge on any atom is 0.255 e. The van der Waals surface area contributed by atoms with Gasteiger partial charge in [0.25, 0.3) is 6.43 Å². The number of aliphatic hydroxyl groups is 1. The van der Waals surface area contributed by atoms with Crippen molar-refractivity contribution in [3.05, 3.63) is 30.4 Å². The standard InChI is InChI=1S/C21H23F2N7O3/c1-12(21(33)30(4-5-31)11-18(22)23)28-15-6-14(8-25-16(15)7-24)17-9-27-19(10-26-17)29-20(32)13-2-3-13/h6,8-10,12-13,18,28,31H,2-5,11H2,1H3,(H,27,29,32)/t12-/m0/s1. The molecule has 174 valence electrons. The Hall–Kier alpha value is -3.72. The number of aliphatic hydroxyl groups excluding tert-OH is 1. The van der Waals surface area contributed by atoms with Crippen molar-refractivity contribution in [2.75, 3.05) is 30.3 Å². The highest BCUT2D eigenvalue weighted by atomic mass is 19.3. The molecule has 1 saturated carbocycles. The molecule has 3 N–H and O–H groups in total. The van der Waals surface area contributed by atoms with Crippen molar-refractivity contribution in [1.29, 1.82) is 5.26 Å². The molecule has 0 saturated heterocycles. The van der Waals surface area contributed by atoms with E-state index >= 15 is 0 Å². The Morgan fingerprint density at radius 2 is 2.03 bits per heavy atom. The average molecular weight is 459 g/mol. The predicted octanol–water partition coefficient (Wildman–Crippen LogP) is 1.65. The molecular weight excluding hydrogens is 436 g/mol. The van der Waals surface area contributed by atoms with Gasteiger partial charge < -0.3 is 20.6 Å². The zero-order valence-electron chi connectivity index (χ0n) is 17.8. The van der Waals surface area contributed by atoms with Crippen LogP contribution in [0.1, 0.15) is 25.5 Å². The van der Waals surface area contributed by atoms with E-state index in [9.17, 15) is 23.6 Å². The zero-order valence-corrected chi connectivity index (χ0v) is 17.8. The molecule has 1 fully saturated rings. The fraction of sp³-hybridized carbons (Fsp3) is 0.429. The molecule has 2 aromatic rings. The van der Waals surface area contributed by atoms with E-state index < -0.39 is 31.5 Å². The number of nitrogens with one attached hydrogen (secondary N) is 2. The Morgan fingerprint density at radius 1 is 1.27 bits per heavy atom. The second-order valence-corrected chi connectivity index (χ2v) is 7.55. The molecule has 2 amide bonds. The van der Waals surface area contributed by atoms with E-state index in [-0.39, 0.29) is 29.8 Å². The summed E-state index contributed by atoms with van der Waals surface area (Å²) in [6.07, 6.45) is 3.25. The molecule has 1 aliphatic rings. The number of anilines is 2. The van der Waals surface area contributed by atoms with Crippen molar-refractivity contribution in [2.24, 2.45) is 5.92 Å². The Balaban J connectivity index is 1.75. The van der Waals surface area contributed by atoms with Gasteiger partial charge in [0.05, 0.1) is 36.9 Å². The third-order valence-electron chi connectivity index (χ3n) is 4.92. The molecule has 0 spiro atoms. The van der Waals surface area contributed by atoms with Crippen LogP contribution in [0.4, 0.5) is 20.3 Å². The maximum atomic E-state index is 12.8. The largest absolute Gasteiger partial charge is 0.395 e. The van der Waals surface area contributed by atoms with E-state index in [1.54, 1.807) is 6.07 Å². The van der Waals surface area contributed by atoms with E-state index in [0.717, 1.165) is 17.7 Å². The van der Waals surface area contributed by atoms with Crippen LogP contribution in [-0.4, -0.2) is 68.9 Å². The first-order valence-electron chi connectivity index (χ1n) is 10.3. The molecule has 0 aliphatic heterocycles. The minimum Gasteiger partial charge on any atom is -0.395 e. The summed E-state index contributed by atoms with van der Waals surface area (Å²) in [5, 5.41) is 24.0. The number of nitrogens with zero attached hydrogens (tertiary/aromatic N) is 5. The molecule has 0 aromatic carbocycles. The summed E-state index contributed by atoms with van der Waals surface area (Å²) in [4.78, 5) is 37.8. The Bertz CT molecular complexity index is 1040. The number of halogens is 2. The normalized spacial score (nSPS) is 13.8. The summed E-state index contributed by atoms with van der Waals surface area (Å²) < 4.78 is 25.5. The molecule has 1 aliphatic carbocycles. The third-order valence-corrected chi connectivity index (χ3v) is 4.92. The number of amides is 2. The van der Waals surface area contributed by atoms with Crippen molar-refractivity contribution in [1.82, 2.24) is 19.9 Å². The van der Waals surface area contributed by atoms with Crippen LogP contribution < -0.4 is 10.6 Å². The van der Waals surface area contributed by atoms with Crippen LogP contribution in [0.15, 0.2) is 24.7 Å². The Labute approximate surface area is 188 Å². The van der Waals surface area contributed by atoms with Crippen molar-refractivity contribution >= 4 is 23.3 Å². The van der Waals surface area contributed by atoms with E-state index in [1.165, 1.54) is 25.5 Å². The van der Waals surface area contributed by atoms with Crippen molar-refractivity contribution in [3.8, 4) is 17.3 Å². The van der Waals surface area contributed by atoms with E-state index in [4.69, 9.17) is 5.11 Å². The first-order chi connectivity index (χ1) is 15.8. The molecule has 0 unspecified atom stereocenters. The molecule has 2 aromatic heterocycles. The van der Waals surface area contributed by atoms with Gasteiger partial charge in [0.2, 0.25) is 11.8 Å². The second-order valence-electron chi connectivity index (χ2n) is 7.55. The van der Waals surface area contributed by atoms with Crippen LogP contribution in [-0.2, 0) is 9.59 Å². The van der Waals surface area contributed by atoms with Gasteiger partial charge in [-0.05, 0) is 25.8 Å². The van der Waals surface area contributed by atoms with Gasteiger partial charge in [0, 0.05) is 24.2 Å². The topological polar surface area (TPSA) is 144 Å². The van der Waals surface area contributed by atoms with E-state index in [2.05, 4.69) is 25.6 Å². The smallest absolute Gasteiger partial charge is 0.255 e. The molecule has 2 heterocycles. The summed E-state index contributed by atoms with van der Waals surface area (Å²) in [5.41, 5.74) is 1.12. The molecule has 0 bridgehead atoms. The number of hydrogen-bond donors (Lipinski definition) is 3. The maximum absolute atomic E-state index is 12.8. The fourth-order valence-corrected chi connectivity index (χ4v) is 3.07. The fourth-order valence-electron chi connectivity index (χ4n) is 3.07. The van der Waals surface area contributed by atoms with E-state index in [1.807, 2.05) is 6.07 Å². The number of nitriles is 1. The second kappa shape index (κ2) is 10.7. The van der Waals surface area contributed by atoms with Crippen molar-refractivity contribution < 1.29 is 23.5 Å². The summed E-state index contributed by atoms with van der Waals surface area (Å²) in [5.74, 6) is -0.405. The van der Waals surface area contributed by atoms with Gasteiger partial charge in [-0.2, -0.15) is 5.26 Å². The van der Waals surface area contributed by atoms with Crippen LogP contribution in [0, 0.1) is 17.2 Å². The molecule has 33 heavy (non-hydrogen) atoms. The molecule has 1 atom stereocenters. The van der Waals surface area contributed by atoms with Gasteiger partial charge >= 0.3 is 0 Å². The van der Waals surface area contributed by atoms with E-state index in [0.29, 0.717) is 17.1 Å². The highest BCUT2D eigenvalue weighted by Crippen LogP contribution is 2.30. The minimum atomic E-state index is -2.75. The van der Waals surface area contributed by atoms with Crippen LogP contribution in [0.25, 0.3) is 11.3 Å². The first kappa shape index (κ1) is 23.9. The van der Waals surface area contributed by atoms with Gasteiger partial charge in [0.1, 0.15) is 12.1 Å². The summed E-state index contributed by atoms with van der Waals surface area (Å²) in [6, 6.07) is 2.49. The molecule has 0 radical (unpaired) electrons. The lowest BCUT2D eigenvalue weighted by atomic mass is 10.1. The molecule has 12 heteroatoms. The number of rotatable bonds is 10. The average Bonchev–Trinajstić information content (AvgIpc) is 3.64. The van der Waals surface area contributed by atoms with Crippen LogP contribution in [0.5, 0.6) is 0 Å². The van der Waals surface area contributed by atoms with Crippen molar-refractivity contribution in [3.63, 3.8) is 0 Å². The van der Waals surface area contributed by atoms with Crippen LogP contribution in [0.3, 0.4) is 0 Å². The number of carbonyl (C=O) groups excluding carboxylic acids is 2. The lowest BCUT2D eigenvalue weighted by Gasteiger charge is -2.26. The number of hydrogen-bond acceptors (Lipinski definition) is 8. The highest BCUT2D eigenvalue weighted by Gasteiger charge is 2.30. The number of aromatic nitrogens is 3. The van der Waals surface area contributed by atoms with Gasteiger partial charge in [-0.1, -0.05) is 0 Å². The van der Waals surface area contributed by atoms with Crippen LogP contribution >= 0.6 is 0 Å². The first-order valence-corrected chi connectivity index (χ1v) is 10.3. The number of carbonyl (C=O) groups is 2. The van der Waals surface area contributed by atoms with Crippen LogP contribution in [0.2, 0.25) is 0 Å². The summed E-state index contributed by atoms with van der Waals surface area (Å²) >= 11 is 0. The van der Waals surface area contributed by atoms with Gasteiger partial charge in [-0.25, -0.2) is 18.7 Å². The molecule has 3 rings (SSSR count). The Kier molecular flexibility index (Phi) is 7.78. The SMILES string of the molecule is C[C@H](Nc1cc(-c2cnc(NC(=O)C3CC3)cn2)cnc1C#N)C(=O)N(CCO)CC(F)F. The van der Waals surface area contributed by atoms with Crippen molar-refractivity contribution in [2.45, 2.75) is 32.2 Å². The summed E-state index contributed by atoms with van der Waals surface area (Å²) in [7, 11) is 0. The number of pyridine rings is 1. The minimum absolute atomic E-state index is 0.00208. The Morgan fingerprint density at radius 3 is 2.61 bits per heavy atom. The van der Waals surface area contributed by atoms with Gasteiger partial charge in [-0.15, -0.1) is 0 Å². The highest BCUT2D eigenvalue weighted by molar-refractivity contribution is 5.93. The monoisotopic (exact) mass is 459 g/mol. The predicted molar refractivity (Wildman–Crippen MR) is 114 cm³/mol. The molecule has 10 nitrogen and oxygen atoms in total. The number of alkyl halides is 2. The molecular formula is C21H23F2N7O3. The van der Waals surface area contributed by atoms with Gasteiger partial charge in [-0.3, -0.25) is 14.6 Å².